The molecule has 1 amide bonds. The Labute approximate surface area is 137 Å². The van der Waals surface area contributed by atoms with Crippen molar-refractivity contribution in [2.45, 2.75) is 43.9 Å². The number of carbonyl (C=O) groups excluding carboxylic acids is 1. The normalized spacial score (nSPS) is 24.9. The Morgan fingerprint density at radius 1 is 1.33 bits per heavy atom. The minimum atomic E-state index is 0. The fraction of sp³-hybridized carbons (Fsp3) is 0.562. The van der Waals surface area contributed by atoms with Crippen LogP contribution in [0.2, 0.25) is 0 Å². The van der Waals surface area contributed by atoms with Gasteiger partial charge in [-0.15, -0.1) is 12.4 Å². The SMILES string of the molecule is Cc1ccc(N)cc1C(=O)N1CCSC2CCCCC21.Cl. The van der Waals surface area contributed by atoms with Crippen LogP contribution in [0.3, 0.4) is 0 Å². The fourth-order valence-corrected chi connectivity index (χ4v) is 4.82. The molecule has 1 aliphatic carbocycles. The topological polar surface area (TPSA) is 46.3 Å². The molecule has 2 N–H and O–H groups in total. The summed E-state index contributed by atoms with van der Waals surface area (Å²) >= 11 is 2.05. The van der Waals surface area contributed by atoms with Gasteiger partial charge in [0.05, 0.1) is 0 Å². The molecule has 2 atom stereocenters. The lowest BCUT2D eigenvalue weighted by atomic mass is 9.92. The summed E-state index contributed by atoms with van der Waals surface area (Å²) in [7, 11) is 0. The van der Waals surface area contributed by atoms with Crippen molar-refractivity contribution in [2.75, 3.05) is 18.0 Å². The van der Waals surface area contributed by atoms with Gasteiger partial charge in [-0.05, 0) is 37.5 Å². The number of benzene rings is 1. The number of nitrogens with zero attached hydrogens (tertiary/aromatic N) is 1. The Kier molecular flexibility index (Phi) is 5.44. The van der Waals surface area contributed by atoms with Gasteiger partial charge in [-0.1, -0.05) is 18.9 Å². The summed E-state index contributed by atoms with van der Waals surface area (Å²) in [6.07, 6.45) is 4.98. The zero-order valence-electron chi connectivity index (χ0n) is 12.4. The van der Waals surface area contributed by atoms with Gasteiger partial charge < -0.3 is 10.6 Å². The minimum absolute atomic E-state index is 0. The van der Waals surface area contributed by atoms with E-state index in [9.17, 15) is 4.79 Å². The summed E-state index contributed by atoms with van der Waals surface area (Å²) < 4.78 is 0. The van der Waals surface area contributed by atoms with Gasteiger partial charge in [0.1, 0.15) is 0 Å². The highest BCUT2D eigenvalue weighted by Crippen LogP contribution is 2.36. The fourth-order valence-electron chi connectivity index (χ4n) is 3.37. The molecule has 21 heavy (non-hydrogen) atoms. The second-order valence-corrected chi connectivity index (χ2v) is 7.18. The number of anilines is 1. The summed E-state index contributed by atoms with van der Waals surface area (Å²) in [6, 6.07) is 6.06. The molecule has 5 heteroatoms. The van der Waals surface area contributed by atoms with E-state index in [0.29, 0.717) is 17.0 Å². The molecule has 1 saturated carbocycles. The first-order valence-electron chi connectivity index (χ1n) is 7.45. The summed E-state index contributed by atoms with van der Waals surface area (Å²) in [6.45, 7) is 2.86. The van der Waals surface area contributed by atoms with E-state index in [4.69, 9.17) is 5.73 Å². The number of amides is 1. The summed E-state index contributed by atoms with van der Waals surface area (Å²) in [4.78, 5) is 15.0. The molecule has 0 spiro atoms. The van der Waals surface area contributed by atoms with E-state index in [1.54, 1.807) is 0 Å². The second-order valence-electron chi connectivity index (χ2n) is 5.83. The maximum atomic E-state index is 12.9. The van der Waals surface area contributed by atoms with E-state index in [2.05, 4.69) is 16.7 Å². The van der Waals surface area contributed by atoms with Crippen LogP contribution >= 0.6 is 24.2 Å². The van der Waals surface area contributed by atoms with Crippen molar-refractivity contribution in [3.63, 3.8) is 0 Å². The van der Waals surface area contributed by atoms with E-state index in [0.717, 1.165) is 29.8 Å². The molecule has 2 unspecified atom stereocenters. The van der Waals surface area contributed by atoms with Gasteiger partial charge in [0.25, 0.3) is 5.91 Å². The van der Waals surface area contributed by atoms with Crippen molar-refractivity contribution in [3.05, 3.63) is 29.3 Å². The quantitative estimate of drug-likeness (QED) is 0.803. The Balaban J connectivity index is 0.00000161. The molecule has 1 aromatic rings. The van der Waals surface area contributed by atoms with Gasteiger partial charge in [-0.2, -0.15) is 11.8 Å². The highest BCUT2D eigenvalue weighted by Gasteiger charge is 2.36. The molecule has 3 rings (SSSR count). The second kappa shape index (κ2) is 6.93. The van der Waals surface area contributed by atoms with Crippen molar-refractivity contribution in [1.82, 2.24) is 4.90 Å². The molecule has 1 heterocycles. The predicted octanol–water partition coefficient (Wildman–Crippen LogP) is 3.50. The van der Waals surface area contributed by atoms with Crippen molar-refractivity contribution in [3.8, 4) is 0 Å². The molecular weight excluding hydrogens is 304 g/mol. The van der Waals surface area contributed by atoms with Crippen molar-refractivity contribution in [2.24, 2.45) is 0 Å². The van der Waals surface area contributed by atoms with E-state index < -0.39 is 0 Å². The van der Waals surface area contributed by atoms with Crippen LogP contribution in [0.25, 0.3) is 0 Å². The van der Waals surface area contributed by atoms with Crippen LogP contribution in [0.1, 0.15) is 41.6 Å². The molecule has 116 valence electrons. The summed E-state index contributed by atoms with van der Waals surface area (Å²) in [5.74, 6) is 1.24. The molecule has 0 bridgehead atoms. The van der Waals surface area contributed by atoms with Crippen LogP contribution in [-0.2, 0) is 0 Å². The number of hydrogen-bond acceptors (Lipinski definition) is 3. The highest BCUT2D eigenvalue weighted by atomic mass is 35.5. The predicted molar refractivity (Wildman–Crippen MR) is 92.4 cm³/mol. The lowest BCUT2D eigenvalue weighted by molar-refractivity contribution is 0.0645. The Morgan fingerprint density at radius 2 is 2.10 bits per heavy atom. The smallest absolute Gasteiger partial charge is 0.254 e. The lowest BCUT2D eigenvalue weighted by Crippen LogP contribution is -2.51. The molecule has 1 saturated heterocycles. The van der Waals surface area contributed by atoms with Crippen LogP contribution in [-0.4, -0.2) is 34.4 Å². The molecule has 1 aromatic carbocycles. The molecule has 0 aromatic heterocycles. The van der Waals surface area contributed by atoms with E-state index in [1.165, 1.54) is 19.3 Å². The largest absolute Gasteiger partial charge is 0.399 e. The number of thioether (sulfide) groups is 1. The van der Waals surface area contributed by atoms with E-state index >= 15 is 0 Å². The van der Waals surface area contributed by atoms with Gasteiger partial charge in [-0.25, -0.2) is 0 Å². The number of carbonyl (C=O) groups is 1. The van der Waals surface area contributed by atoms with Crippen LogP contribution in [0, 0.1) is 6.92 Å². The molecule has 1 aliphatic heterocycles. The summed E-state index contributed by atoms with van der Waals surface area (Å²) in [5, 5.41) is 0.641. The first-order valence-corrected chi connectivity index (χ1v) is 8.50. The zero-order chi connectivity index (χ0) is 14.1. The number of hydrogen-bond donors (Lipinski definition) is 1. The van der Waals surface area contributed by atoms with Crippen molar-refractivity contribution in [1.29, 1.82) is 0 Å². The van der Waals surface area contributed by atoms with E-state index in [-0.39, 0.29) is 18.3 Å². The summed E-state index contributed by atoms with van der Waals surface area (Å²) in [5.41, 5.74) is 8.33. The molecular formula is C16H23ClN2OS. The average molecular weight is 327 g/mol. The van der Waals surface area contributed by atoms with Crippen molar-refractivity contribution < 1.29 is 4.79 Å². The van der Waals surface area contributed by atoms with Gasteiger partial charge in [0, 0.05) is 34.8 Å². The Morgan fingerprint density at radius 3 is 2.90 bits per heavy atom. The lowest BCUT2D eigenvalue weighted by Gasteiger charge is -2.43. The van der Waals surface area contributed by atoms with Crippen LogP contribution in [0.5, 0.6) is 0 Å². The maximum Gasteiger partial charge on any atom is 0.254 e. The first kappa shape index (κ1) is 16.5. The van der Waals surface area contributed by atoms with Gasteiger partial charge in [0.15, 0.2) is 0 Å². The molecule has 0 radical (unpaired) electrons. The highest BCUT2D eigenvalue weighted by molar-refractivity contribution is 8.00. The molecule has 2 fully saturated rings. The number of nitrogen functional groups attached to an aromatic ring is 1. The Bertz CT molecular complexity index is 521. The van der Waals surface area contributed by atoms with Crippen LogP contribution in [0.15, 0.2) is 18.2 Å². The monoisotopic (exact) mass is 326 g/mol. The van der Waals surface area contributed by atoms with Gasteiger partial charge in [-0.3, -0.25) is 4.79 Å². The minimum Gasteiger partial charge on any atom is -0.399 e. The van der Waals surface area contributed by atoms with Gasteiger partial charge in [0.2, 0.25) is 0 Å². The standard InChI is InChI=1S/C16H22N2OS.ClH/c1-11-6-7-12(17)10-13(11)16(19)18-8-9-20-15-5-3-2-4-14(15)18;/h6-7,10,14-15H,2-5,8-9,17H2,1H3;1H. The number of halogens is 1. The number of fused-ring (bicyclic) bond motifs is 1. The van der Waals surface area contributed by atoms with Gasteiger partial charge >= 0.3 is 0 Å². The zero-order valence-corrected chi connectivity index (χ0v) is 14.0. The van der Waals surface area contributed by atoms with Crippen molar-refractivity contribution >= 4 is 35.8 Å². The third-order valence-corrected chi connectivity index (χ3v) is 5.88. The average Bonchev–Trinajstić information content (AvgIpc) is 2.48. The first-order chi connectivity index (χ1) is 9.66. The maximum absolute atomic E-state index is 12.9. The number of rotatable bonds is 1. The third kappa shape index (κ3) is 3.32. The van der Waals surface area contributed by atoms with E-state index in [1.807, 2.05) is 25.1 Å². The molecule has 2 aliphatic rings. The van der Waals surface area contributed by atoms with Crippen LogP contribution < -0.4 is 5.73 Å². The number of nitrogens with two attached hydrogens (primary N) is 1. The Hall–Kier alpha value is -0.870. The third-order valence-electron chi connectivity index (χ3n) is 4.49. The number of aryl methyl sites for hydroxylation is 1. The van der Waals surface area contributed by atoms with Crippen LogP contribution in [0.4, 0.5) is 5.69 Å². The molecule has 3 nitrogen and oxygen atoms in total.